The number of carbonyl (C=O) groups excluding carboxylic acids is 1. The number of fused-ring (bicyclic) bond motifs is 1. The summed E-state index contributed by atoms with van der Waals surface area (Å²) in [5.41, 5.74) is 3.62. The summed E-state index contributed by atoms with van der Waals surface area (Å²) in [6, 6.07) is 14.1. The number of nitrogens with one attached hydrogen (secondary N) is 1. The molecule has 32 heavy (non-hydrogen) atoms. The Morgan fingerprint density at radius 2 is 1.84 bits per heavy atom. The normalized spacial score (nSPS) is 15.1. The maximum Gasteiger partial charge on any atom is 0.236 e. The molecule has 1 amide bonds. The maximum absolute atomic E-state index is 12.8. The molecular formula is C26H33N3O3. The van der Waals surface area contributed by atoms with Gasteiger partial charge in [0, 0.05) is 30.7 Å². The number of nitrogens with zero attached hydrogens (tertiary/aromatic N) is 2. The van der Waals surface area contributed by atoms with E-state index in [2.05, 4.69) is 28.2 Å². The van der Waals surface area contributed by atoms with Crippen molar-refractivity contribution >= 4 is 16.8 Å². The number of likely N-dealkylation sites (N-methyl/N-ethyl adjacent to an activating group) is 1. The summed E-state index contributed by atoms with van der Waals surface area (Å²) in [5.74, 6) is 2.41. The van der Waals surface area contributed by atoms with Gasteiger partial charge in [-0.1, -0.05) is 12.1 Å². The number of hydrogen-bond donors (Lipinski definition) is 1. The SMILES string of the molecule is CCOc1ccc(CN(C)C(=O)CN2CCC(c3c[nH]c4ccc(OC)cc34)CC2)cc1. The first-order chi connectivity index (χ1) is 15.6. The summed E-state index contributed by atoms with van der Waals surface area (Å²) in [6.45, 7) is 5.58. The van der Waals surface area contributed by atoms with Gasteiger partial charge in [-0.15, -0.1) is 0 Å². The number of hydrogen-bond acceptors (Lipinski definition) is 4. The van der Waals surface area contributed by atoms with Crippen LogP contribution in [0.1, 0.15) is 36.8 Å². The van der Waals surface area contributed by atoms with Crippen LogP contribution in [-0.2, 0) is 11.3 Å². The van der Waals surface area contributed by atoms with Crippen molar-refractivity contribution in [3.8, 4) is 11.5 Å². The minimum Gasteiger partial charge on any atom is -0.497 e. The molecule has 6 nitrogen and oxygen atoms in total. The molecule has 2 heterocycles. The van der Waals surface area contributed by atoms with Crippen molar-refractivity contribution in [3.05, 3.63) is 59.8 Å². The highest BCUT2D eigenvalue weighted by atomic mass is 16.5. The number of H-pyrrole nitrogens is 1. The van der Waals surface area contributed by atoms with Gasteiger partial charge in [-0.05, 0) is 80.2 Å². The fraction of sp³-hybridized carbons (Fsp3) is 0.423. The molecule has 0 bridgehead atoms. The Balaban J connectivity index is 1.29. The van der Waals surface area contributed by atoms with Gasteiger partial charge >= 0.3 is 0 Å². The van der Waals surface area contributed by atoms with Crippen LogP contribution in [0.3, 0.4) is 0 Å². The molecule has 0 aliphatic carbocycles. The third-order valence-electron chi connectivity index (χ3n) is 6.39. The lowest BCUT2D eigenvalue weighted by atomic mass is 9.89. The van der Waals surface area contributed by atoms with Crippen LogP contribution >= 0.6 is 0 Å². The van der Waals surface area contributed by atoms with Gasteiger partial charge in [0.1, 0.15) is 11.5 Å². The van der Waals surface area contributed by atoms with E-state index in [0.717, 1.165) is 48.5 Å². The molecule has 0 radical (unpaired) electrons. The van der Waals surface area contributed by atoms with Crippen LogP contribution in [0.2, 0.25) is 0 Å². The third kappa shape index (κ3) is 5.07. The maximum atomic E-state index is 12.8. The number of aromatic nitrogens is 1. The molecule has 1 saturated heterocycles. The first-order valence-corrected chi connectivity index (χ1v) is 11.4. The van der Waals surface area contributed by atoms with E-state index in [1.165, 1.54) is 10.9 Å². The van der Waals surface area contributed by atoms with Crippen LogP contribution in [0.15, 0.2) is 48.7 Å². The standard InChI is InChI=1S/C26H33N3O3/c1-4-32-21-7-5-19(6-8-21)17-28(2)26(30)18-29-13-11-20(12-14-29)24-16-27-25-10-9-22(31-3)15-23(24)25/h5-10,15-16,20,27H,4,11-14,17-18H2,1-3H3. The van der Waals surface area contributed by atoms with Crippen molar-refractivity contribution in [2.75, 3.05) is 40.4 Å². The Morgan fingerprint density at radius 3 is 2.53 bits per heavy atom. The topological polar surface area (TPSA) is 57.8 Å². The second-order valence-electron chi connectivity index (χ2n) is 8.53. The van der Waals surface area contributed by atoms with Gasteiger partial charge < -0.3 is 19.4 Å². The van der Waals surface area contributed by atoms with Crippen molar-refractivity contribution in [1.82, 2.24) is 14.8 Å². The Hall–Kier alpha value is -2.99. The summed E-state index contributed by atoms with van der Waals surface area (Å²) < 4.78 is 10.9. The molecule has 0 spiro atoms. The van der Waals surface area contributed by atoms with E-state index in [1.807, 2.05) is 49.2 Å². The molecule has 1 fully saturated rings. The van der Waals surface area contributed by atoms with E-state index in [9.17, 15) is 4.79 Å². The fourth-order valence-electron chi connectivity index (χ4n) is 4.52. The molecular weight excluding hydrogens is 402 g/mol. The molecule has 2 aromatic carbocycles. The lowest BCUT2D eigenvalue weighted by Crippen LogP contribution is -2.41. The molecule has 170 valence electrons. The summed E-state index contributed by atoms with van der Waals surface area (Å²) >= 11 is 0. The van der Waals surface area contributed by atoms with Gasteiger partial charge in [-0.25, -0.2) is 0 Å². The van der Waals surface area contributed by atoms with Crippen LogP contribution in [0.25, 0.3) is 10.9 Å². The number of ether oxygens (including phenoxy) is 2. The number of rotatable bonds is 8. The number of aromatic amines is 1. The van der Waals surface area contributed by atoms with Crippen molar-refractivity contribution < 1.29 is 14.3 Å². The summed E-state index contributed by atoms with van der Waals surface area (Å²) in [5, 5.41) is 1.24. The van der Waals surface area contributed by atoms with Crippen molar-refractivity contribution in [3.63, 3.8) is 0 Å². The van der Waals surface area contributed by atoms with E-state index in [1.54, 1.807) is 7.11 Å². The summed E-state index contributed by atoms with van der Waals surface area (Å²) in [6.07, 6.45) is 4.25. The molecule has 1 aromatic heterocycles. The predicted molar refractivity (Wildman–Crippen MR) is 127 cm³/mol. The van der Waals surface area contributed by atoms with Crippen LogP contribution in [-0.4, -0.2) is 61.1 Å². The minimum atomic E-state index is 0.161. The Labute approximate surface area is 190 Å². The van der Waals surface area contributed by atoms with Gasteiger partial charge in [0.25, 0.3) is 0 Å². The minimum absolute atomic E-state index is 0.161. The highest BCUT2D eigenvalue weighted by molar-refractivity contribution is 5.85. The lowest BCUT2D eigenvalue weighted by Gasteiger charge is -2.32. The predicted octanol–water partition coefficient (Wildman–Crippen LogP) is 4.41. The molecule has 0 unspecified atom stereocenters. The zero-order valence-electron chi connectivity index (χ0n) is 19.3. The van der Waals surface area contributed by atoms with Crippen molar-refractivity contribution in [2.45, 2.75) is 32.2 Å². The number of benzene rings is 2. The third-order valence-corrected chi connectivity index (χ3v) is 6.39. The van der Waals surface area contributed by atoms with E-state index in [0.29, 0.717) is 25.6 Å². The van der Waals surface area contributed by atoms with Gasteiger partial charge in [0.05, 0.1) is 20.3 Å². The van der Waals surface area contributed by atoms with E-state index >= 15 is 0 Å². The van der Waals surface area contributed by atoms with Crippen LogP contribution in [0, 0.1) is 0 Å². The average Bonchev–Trinajstić information content (AvgIpc) is 3.24. The number of likely N-dealkylation sites (tertiary alicyclic amines) is 1. The summed E-state index contributed by atoms with van der Waals surface area (Å²) in [4.78, 5) is 20.3. The lowest BCUT2D eigenvalue weighted by molar-refractivity contribution is -0.131. The molecule has 1 N–H and O–H groups in total. The molecule has 0 atom stereocenters. The monoisotopic (exact) mass is 435 g/mol. The zero-order valence-corrected chi connectivity index (χ0v) is 19.3. The second kappa shape index (κ2) is 10.1. The highest BCUT2D eigenvalue weighted by Gasteiger charge is 2.25. The Kier molecular flexibility index (Phi) is 7.00. The smallest absolute Gasteiger partial charge is 0.236 e. The van der Waals surface area contributed by atoms with Crippen LogP contribution < -0.4 is 9.47 Å². The molecule has 4 rings (SSSR count). The molecule has 1 aliphatic heterocycles. The Bertz CT molecular complexity index is 1040. The van der Waals surface area contributed by atoms with Crippen molar-refractivity contribution in [2.24, 2.45) is 0 Å². The van der Waals surface area contributed by atoms with Gasteiger partial charge in [-0.2, -0.15) is 0 Å². The fourth-order valence-corrected chi connectivity index (χ4v) is 4.52. The van der Waals surface area contributed by atoms with Crippen molar-refractivity contribution in [1.29, 1.82) is 0 Å². The number of piperidine rings is 1. The number of methoxy groups -OCH3 is 1. The highest BCUT2D eigenvalue weighted by Crippen LogP contribution is 2.34. The van der Waals surface area contributed by atoms with E-state index < -0.39 is 0 Å². The van der Waals surface area contributed by atoms with E-state index in [4.69, 9.17) is 9.47 Å². The summed E-state index contributed by atoms with van der Waals surface area (Å²) in [7, 11) is 3.58. The van der Waals surface area contributed by atoms with E-state index in [-0.39, 0.29) is 5.91 Å². The quantitative estimate of drug-likeness (QED) is 0.569. The first kappa shape index (κ1) is 22.2. The largest absolute Gasteiger partial charge is 0.497 e. The van der Waals surface area contributed by atoms with Gasteiger partial charge in [0.2, 0.25) is 5.91 Å². The van der Waals surface area contributed by atoms with Crippen LogP contribution in [0.5, 0.6) is 11.5 Å². The molecule has 0 saturated carbocycles. The average molecular weight is 436 g/mol. The molecule has 6 heteroatoms. The molecule has 1 aliphatic rings. The second-order valence-corrected chi connectivity index (χ2v) is 8.53. The van der Waals surface area contributed by atoms with Gasteiger partial charge in [-0.3, -0.25) is 9.69 Å². The number of carbonyl (C=O) groups is 1. The Morgan fingerprint density at radius 1 is 1.12 bits per heavy atom. The number of amides is 1. The molecule has 3 aromatic rings. The van der Waals surface area contributed by atoms with Gasteiger partial charge in [0.15, 0.2) is 0 Å². The zero-order chi connectivity index (χ0) is 22.5. The first-order valence-electron chi connectivity index (χ1n) is 11.4. The van der Waals surface area contributed by atoms with Crippen LogP contribution in [0.4, 0.5) is 0 Å².